The Morgan fingerprint density at radius 3 is 2.46 bits per heavy atom. The fourth-order valence-electron chi connectivity index (χ4n) is 4.02. The maximum atomic E-state index is 12.9. The van der Waals surface area contributed by atoms with Crippen molar-refractivity contribution in [3.63, 3.8) is 0 Å². The van der Waals surface area contributed by atoms with E-state index in [0.717, 1.165) is 43.1 Å². The van der Waals surface area contributed by atoms with Crippen LogP contribution in [0.1, 0.15) is 24.4 Å². The normalized spacial score (nSPS) is 23.2. The van der Waals surface area contributed by atoms with Gasteiger partial charge in [0.2, 0.25) is 11.8 Å². The zero-order valence-electron chi connectivity index (χ0n) is 16.0. The third-order valence-electron chi connectivity index (χ3n) is 5.80. The molecule has 0 bridgehead atoms. The molecule has 6 nitrogen and oxygen atoms in total. The van der Waals surface area contributed by atoms with Gasteiger partial charge in [-0.2, -0.15) is 0 Å². The highest BCUT2D eigenvalue weighted by molar-refractivity contribution is 6.30. The minimum Gasteiger partial charge on any atom is -0.339 e. The monoisotopic (exact) mass is 426 g/mol. The van der Waals surface area contributed by atoms with Crippen molar-refractivity contribution >= 4 is 35.8 Å². The first-order valence-electron chi connectivity index (χ1n) is 9.88. The van der Waals surface area contributed by atoms with Gasteiger partial charge in [-0.05, 0) is 30.5 Å². The van der Waals surface area contributed by atoms with Crippen LogP contribution in [0.3, 0.4) is 0 Å². The average molecular weight is 427 g/mol. The van der Waals surface area contributed by atoms with Crippen molar-refractivity contribution in [2.45, 2.75) is 18.9 Å². The molecule has 1 atom stereocenters. The molecule has 1 unspecified atom stereocenters. The number of carbonyl (C=O) groups is 2. The van der Waals surface area contributed by atoms with E-state index in [9.17, 15) is 9.59 Å². The van der Waals surface area contributed by atoms with E-state index in [-0.39, 0.29) is 36.2 Å². The predicted molar refractivity (Wildman–Crippen MR) is 112 cm³/mol. The number of amides is 2. The van der Waals surface area contributed by atoms with Crippen molar-refractivity contribution in [3.05, 3.63) is 34.9 Å². The first kappa shape index (κ1) is 21.4. The van der Waals surface area contributed by atoms with Crippen LogP contribution < -0.4 is 5.32 Å². The van der Waals surface area contributed by atoms with Gasteiger partial charge in [0.1, 0.15) is 0 Å². The Balaban J connectivity index is 0.00000225. The van der Waals surface area contributed by atoms with Gasteiger partial charge < -0.3 is 15.1 Å². The van der Waals surface area contributed by atoms with Gasteiger partial charge in [0, 0.05) is 62.8 Å². The molecule has 0 spiro atoms. The van der Waals surface area contributed by atoms with E-state index in [1.54, 1.807) is 0 Å². The smallest absolute Gasteiger partial charge is 0.236 e. The van der Waals surface area contributed by atoms with Crippen LogP contribution in [-0.4, -0.2) is 78.9 Å². The number of hydrogen-bond donors (Lipinski definition) is 1. The van der Waals surface area contributed by atoms with Crippen molar-refractivity contribution in [3.8, 4) is 0 Å². The third kappa shape index (κ3) is 4.98. The molecule has 1 aromatic carbocycles. The summed E-state index contributed by atoms with van der Waals surface area (Å²) in [6, 6.07) is 8.04. The number of nitrogens with one attached hydrogen (secondary N) is 1. The number of hydrogen-bond acceptors (Lipinski definition) is 4. The summed E-state index contributed by atoms with van der Waals surface area (Å²) in [6.45, 7) is 5.57. The molecule has 1 N–H and O–H groups in total. The van der Waals surface area contributed by atoms with Crippen molar-refractivity contribution in [1.29, 1.82) is 0 Å². The van der Waals surface area contributed by atoms with E-state index in [1.165, 1.54) is 0 Å². The molecular formula is C20H28Cl2N4O2. The second-order valence-electron chi connectivity index (χ2n) is 7.73. The summed E-state index contributed by atoms with van der Waals surface area (Å²) >= 11 is 6.16. The molecule has 2 saturated heterocycles. The fraction of sp³-hybridized carbons (Fsp3) is 0.600. The Morgan fingerprint density at radius 2 is 1.79 bits per heavy atom. The predicted octanol–water partition coefficient (Wildman–Crippen LogP) is 1.79. The third-order valence-corrected chi connectivity index (χ3v) is 6.03. The van der Waals surface area contributed by atoms with Crippen LogP contribution in [-0.2, 0) is 9.59 Å². The lowest BCUT2D eigenvalue weighted by molar-refractivity contribution is -0.141. The SMILES string of the molecule is Cl.O=C(CN1CCNCC1c1cccc(Cl)c1)N1CCN(C(=O)C2CC2)CC1. The van der Waals surface area contributed by atoms with Gasteiger partial charge in [0.25, 0.3) is 0 Å². The van der Waals surface area contributed by atoms with Crippen molar-refractivity contribution < 1.29 is 9.59 Å². The Kier molecular flexibility index (Phi) is 7.20. The van der Waals surface area contributed by atoms with Gasteiger partial charge in [0.15, 0.2) is 0 Å². The minimum absolute atomic E-state index is 0. The molecule has 4 rings (SSSR count). The van der Waals surface area contributed by atoms with Gasteiger partial charge in [-0.3, -0.25) is 14.5 Å². The molecular weight excluding hydrogens is 399 g/mol. The van der Waals surface area contributed by atoms with Gasteiger partial charge in [-0.15, -0.1) is 12.4 Å². The largest absolute Gasteiger partial charge is 0.339 e. The van der Waals surface area contributed by atoms with E-state index in [2.05, 4.69) is 16.3 Å². The molecule has 2 amide bonds. The molecule has 0 radical (unpaired) electrons. The average Bonchev–Trinajstić information content (AvgIpc) is 3.53. The minimum atomic E-state index is 0. The number of piperazine rings is 2. The summed E-state index contributed by atoms with van der Waals surface area (Å²) in [7, 11) is 0. The van der Waals surface area contributed by atoms with E-state index in [1.807, 2.05) is 28.0 Å². The number of carbonyl (C=O) groups excluding carboxylic acids is 2. The van der Waals surface area contributed by atoms with Crippen LogP contribution in [0, 0.1) is 5.92 Å². The molecule has 0 aromatic heterocycles. The highest BCUT2D eigenvalue weighted by atomic mass is 35.5. The highest BCUT2D eigenvalue weighted by Crippen LogP contribution is 2.31. The molecule has 1 saturated carbocycles. The van der Waals surface area contributed by atoms with Crippen LogP contribution in [0.2, 0.25) is 5.02 Å². The van der Waals surface area contributed by atoms with Gasteiger partial charge in [-0.1, -0.05) is 23.7 Å². The van der Waals surface area contributed by atoms with Crippen LogP contribution in [0.15, 0.2) is 24.3 Å². The van der Waals surface area contributed by atoms with Crippen LogP contribution >= 0.6 is 24.0 Å². The van der Waals surface area contributed by atoms with E-state index < -0.39 is 0 Å². The molecule has 1 aromatic rings. The fourth-order valence-corrected chi connectivity index (χ4v) is 4.22. The topological polar surface area (TPSA) is 55.9 Å². The molecule has 8 heteroatoms. The van der Waals surface area contributed by atoms with Gasteiger partial charge in [0.05, 0.1) is 6.54 Å². The molecule has 3 fully saturated rings. The number of benzene rings is 1. The molecule has 2 heterocycles. The first-order chi connectivity index (χ1) is 13.1. The van der Waals surface area contributed by atoms with E-state index in [4.69, 9.17) is 11.6 Å². The van der Waals surface area contributed by atoms with Crippen molar-refractivity contribution in [2.24, 2.45) is 5.92 Å². The van der Waals surface area contributed by atoms with E-state index in [0.29, 0.717) is 32.7 Å². The Bertz CT molecular complexity index is 705. The van der Waals surface area contributed by atoms with Crippen LogP contribution in [0.5, 0.6) is 0 Å². The second-order valence-corrected chi connectivity index (χ2v) is 8.16. The number of rotatable bonds is 4. The van der Waals surface area contributed by atoms with Crippen LogP contribution in [0.4, 0.5) is 0 Å². The van der Waals surface area contributed by atoms with Gasteiger partial charge >= 0.3 is 0 Å². The molecule has 3 aliphatic rings. The lowest BCUT2D eigenvalue weighted by Crippen LogP contribution is -2.55. The maximum Gasteiger partial charge on any atom is 0.236 e. The molecule has 154 valence electrons. The standard InChI is InChI=1S/C20H27ClN4O2.ClH/c21-17-3-1-2-16(12-17)18-13-22-6-7-25(18)14-19(26)23-8-10-24(11-9-23)20(27)15-4-5-15;/h1-3,12,15,18,22H,4-11,13-14H2;1H. The van der Waals surface area contributed by atoms with Crippen molar-refractivity contribution in [2.75, 3.05) is 52.4 Å². The Morgan fingerprint density at radius 1 is 1.07 bits per heavy atom. The summed E-state index contributed by atoms with van der Waals surface area (Å²) < 4.78 is 0. The lowest BCUT2D eigenvalue weighted by Gasteiger charge is -2.39. The summed E-state index contributed by atoms with van der Waals surface area (Å²) in [6.07, 6.45) is 2.07. The second kappa shape index (κ2) is 9.44. The summed E-state index contributed by atoms with van der Waals surface area (Å²) in [5.41, 5.74) is 1.14. The number of halogens is 2. The molecule has 2 aliphatic heterocycles. The van der Waals surface area contributed by atoms with Gasteiger partial charge in [-0.25, -0.2) is 0 Å². The van der Waals surface area contributed by atoms with E-state index >= 15 is 0 Å². The first-order valence-corrected chi connectivity index (χ1v) is 10.3. The Labute approximate surface area is 177 Å². The molecule has 28 heavy (non-hydrogen) atoms. The Hall–Kier alpha value is -1.34. The molecule has 1 aliphatic carbocycles. The quantitative estimate of drug-likeness (QED) is 0.796. The zero-order valence-corrected chi connectivity index (χ0v) is 17.6. The summed E-state index contributed by atoms with van der Waals surface area (Å²) in [5.74, 6) is 0.694. The maximum absolute atomic E-state index is 12.9. The van der Waals surface area contributed by atoms with Crippen LogP contribution in [0.25, 0.3) is 0 Å². The lowest BCUT2D eigenvalue weighted by atomic mass is 10.0. The number of nitrogens with zero attached hydrogens (tertiary/aromatic N) is 3. The zero-order chi connectivity index (χ0) is 18.8. The van der Waals surface area contributed by atoms with Crippen molar-refractivity contribution in [1.82, 2.24) is 20.0 Å². The summed E-state index contributed by atoms with van der Waals surface area (Å²) in [5, 5.41) is 4.14. The summed E-state index contributed by atoms with van der Waals surface area (Å²) in [4.78, 5) is 31.1. The highest BCUT2D eigenvalue weighted by Gasteiger charge is 2.35.